The van der Waals surface area contributed by atoms with Crippen LogP contribution in [0.5, 0.6) is 0 Å². The van der Waals surface area contributed by atoms with Crippen LogP contribution >= 0.6 is 0 Å². The SMILES string of the molecule is CCC(C)C(N)C(=O)N1CCCC1C(=O)NC(CC(N)=O)C(=O)N1CCCC1C(=O)O. The molecule has 31 heavy (non-hydrogen) atoms. The van der Waals surface area contributed by atoms with Crippen LogP contribution in [0.4, 0.5) is 0 Å². The molecule has 5 atom stereocenters. The van der Waals surface area contributed by atoms with Crippen molar-refractivity contribution in [1.82, 2.24) is 15.1 Å². The molecule has 4 amide bonds. The van der Waals surface area contributed by atoms with E-state index >= 15 is 0 Å². The van der Waals surface area contributed by atoms with Gasteiger partial charge in [-0.05, 0) is 31.6 Å². The molecule has 0 bridgehead atoms. The molecule has 0 aromatic heterocycles. The number of likely N-dealkylation sites (tertiary alicyclic amines) is 2. The Balaban J connectivity index is 2.14. The quantitative estimate of drug-likeness (QED) is 0.348. The van der Waals surface area contributed by atoms with E-state index in [2.05, 4.69) is 5.32 Å². The minimum Gasteiger partial charge on any atom is -0.480 e. The molecule has 11 heteroatoms. The van der Waals surface area contributed by atoms with Gasteiger partial charge in [0.1, 0.15) is 18.1 Å². The van der Waals surface area contributed by atoms with Gasteiger partial charge in [0.2, 0.25) is 23.6 Å². The van der Waals surface area contributed by atoms with E-state index < -0.39 is 54.3 Å². The molecule has 0 aromatic rings. The van der Waals surface area contributed by atoms with Crippen molar-refractivity contribution in [2.24, 2.45) is 17.4 Å². The second-order valence-electron chi connectivity index (χ2n) is 8.36. The van der Waals surface area contributed by atoms with Gasteiger partial charge >= 0.3 is 5.97 Å². The van der Waals surface area contributed by atoms with Gasteiger partial charge in [-0.2, -0.15) is 0 Å². The molecule has 2 aliphatic heterocycles. The number of hydrogen-bond acceptors (Lipinski definition) is 6. The summed E-state index contributed by atoms with van der Waals surface area (Å²) in [6, 6.07) is -3.83. The van der Waals surface area contributed by atoms with Crippen LogP contribution in [0.2, 0.25) is 0 Å². The first-order valence-electron chi connectivity index (χ1n) is 10.8. The van der Waals surface area contributed by atoms with E-state index in [-0.39, 0.29) is 18.4 Å². The Bertz CT molecular complexity index is 729. The summed E-state index contributed by atoms with van der Waals surface area (Å²) in [5.74, 6) is -3.55. The lowest BCUT2D eigenvalue weighted by Crippen LogP contribution is -2.57. The third-order valence-corrected chi connectivity index (χ3v) is 6.22. The van der Waals surface area contributed by atoms with Crippen LogP contribution in [-0.4, -0.2) is 81.8 Å². The number of carbonyl (C=O) groups excluding carboxylic acids is 4. The minimum absolute atomic E-state index is 0.0517. The number of nitrogens with zero attached hydrogens (tertiary/aromatic N) is 2. The third kappa shape index (κ3) is 5.72. The maximum absolute atomic E-state index is 13.0. The number of aliphatic carboxylic acids is 1. The Morgan fingerprint density at radius 2 is 1.58 bits per heavy atom. The number of nitrogens with one attached hydrogen (secondary N) is 1. The fraction of sp³-hybridized carbons (Fsp3) is 0.750. The average molecular weight is 440 g/mol. The van der Waals surface area contributed by atoms with Crippen molar-refractivity contribution in [3.05, 3.63) is 0 Å². The summed E-state index contributed by atoms with van der Waals surface area (Å²) < 4.78 is 0. The molecule has 2 aliphatic rings. The number of nitrogens with two attached hydrogens (primary N) is 2. The van der Waals surface area contributed by atoms with Gasteiger partial charge in [0.05, 0.1) is 12.5 Å². The summed E-state index contributed by atoms with van der Waals surface area (Å²) in [7, 11) is 0. The van der Waals surface area contributed by atoms with Gasteiger partial charge in [0.15, 0.2) is 0 Å². The molecule has 11 nitrogen and oxygen atoms in total. The van der Waals surface area contributed by atoms with E-state index in [1.165, 1.54) is 4.90 Å². The largest absolute Gasteiger partial charge is 0.480 e. The van der Waals surface area contributed by atoms with Crippen molar-refractivity contribution in [3.63, 3.8) is 0 Å². The topological polar surface area (TPSA) is 176 Å². The molecular weight excluding hydrogens is 406 g/mol. The maximum Gasteiger partial charge on any atom is 0.326 e. The predicted octanol–water partition coefficient (Wildman–Crippen LogP) is -1.21. The van der Waals surface area contributed by atoms with Crippen LogP contribution in [0.15, 0.2) is 0 Å². The van der Waals surface area contributed by atoms with Crippen molar-refractivity contribution in [2.75, 3.05) is 13.1 Å². The van der Waals surface area contributed by atoms with Crippen LogP contribution < -0.4 is 16.8 Å². The summed E-state index contributed by atoms with van der Waals surface area (Å²) in [4.78, 5) is 64.2. The maximum atomic E-state index is 13.0. The molecule has 0 radical (unpaired) electrons. The molecule has 0 spiro atoms. The van der Waals surface area contributed by atoms with Crippen molar-refractivity contribution in [2.45, 2.75) is 76.5 Å². The van der Waals surface area contributed by atoms with Crippen LogP contribution in [0.25, 0.3) is 0 Å². The summed E-state index contributed by atoms with van der Waals surface area (Å²) in [5, 5.41) is 11.9. The predicted molar refractivity (Wildman–Crippen MR) is 110 cm³/mol. The molecule has 0 saturated carbocycles. The van der Waals surface area contributed by atoms with Crippen LogP contribution in [-0.2, 0) is 24.0 Å². The zero-order valence-corrected chi connectivity index (χ0v) is 18.1. The average Bonchev–Trinajstić information content (AvgIpc) is 3.40. The van der Waals surface area contributed by atoms with Crippen molar-refractivity contribution in [3.8, 4) is 0 Å². The molecule has 0 aliphatic carbocycles. The lowest BCUT2D eigenvalue weighted by atomic mass is 9.98. The molecular formula is C20H33N5O6. The third-order valence-electron chi connectivity index (χ3n) is 6.22. The van der Waals surface area contributed by atoms with Crippen LogP contribution in [0.3, 0.4) is 0 Å². The fourth-order valence-electron chi connectivity index (χ4n) is 4.15. The molecule has 5 unspecified atom stereocenters. The highest BCUT2D eigenvalue weighted by Gasteiger charge is 2.41. The molecule has 0 aromatic carbocycles. The van der Waals surface area contributed by atoms with E-state index in [1.807, 2.05) is 13.8 Å². The van der Waals surface area contributed by atoms with E-state index in [0.717, 1.165) is 4.90 Å². The lowest BCUT2D eigenvalue weighted by molar-refractivity contribution is -0.150. The van der Waals surface area contributed by atoms with Crippen molar-refractivity contribution < 1.29 is 29.1 Å². The lowest BCUT2D eigenvalue weighted by Gasteiger charge is -2.31. The Hall–Kier alpha value is -2.69. The van der Waals surface area contributed by atoms with E-state index in [9.17, 15) is 29.1 Å². The van der Waals surface area contributed by atoms with Gasteiger partial charge in [-0.15, -0.1) is 0 Å². The summed E-state index contributed by atoms with van der Waals surface area (Å²) in [6.07, 6.45) is 2.09. The highest BCUT2D eigenvalue weighted by atomic mass is 16.4. The molecule has 2 rings (SSSR count). The van der Waals surface area contributed by atoms with Gasteiger partial charge in [-0.25, -0.2) is 4.79 Å². The Morgan fingerprint density at radius 1 is 1.03 bits per heavy atom. The minimum atomic E-state index is -1.29. The Labute approximate surface area is 181 Å². The number of carboxylic acids is 1. The monoisotopic (exact) mass is 439 g/mol. The zero-order chi connectivity index (χ0) is 23.3. The molecule has 2 saturated heterocycles. The zero-order valence-electron chi connectivity index (χ0n) is 18.1. The van der Waals surface area contributed by atoms with Crippen LogP contribution in [0, 0.1) is 5.92 Å². The molecule has 174 valence electrons. The fourth-order valence-corrected chi connectivity index (χ4v) is 4.15. The first-order valence-corrected chi connectivity index (χ1v) is 10.8. The number of carboxylic acid groups (broad SMARTS) is 1. The summed E-state index contributed by atoms with van der Waals surface area (Å²) >= 11 is 0. The molecule has 6 N–H and O–H groups in total. The van der Waals surface area contributed by atoms with E-state index in [4.69, 9.17) is 11.5 Å². The first-order chi connectivity index (χ1) is 14.6. The highest BCUT2D eigenvalue weighted by molar-refractivity contribution is 5.96. The number of primary amides is 1. The highest BCUT2D eigenvalue weighted by Crippen LogP contribution is 2.22. The second-order valence-corrected chi connectivity index (χ2v) is 8.36. The van der Waals surface area contributed by atoms with Crippen molar-refractivity contribution in [1.29, 1.82) is 0 Å². The van der Waals surface area contributed by atoms with Gasteiger partial charge < -0.3 is 31.7 Å². The number of amides is 4. The second kappa shape index (κ2) is 10.6. The normalized spacial score (nSPS) is 23.8. The number of carbonyl (C=O) groups is 5. The van der Waals surface area contributed by atoms with Crippen LogP contribution in [0.1, 0.15) is 52.4 Å². The molecule has 2 fully saturated rings. The van der Waals surface area contributed by atoms with Gasteiger partial charge in [0.25, 0.3) is 0 Å². The van der Waals surface area contributed by atoms with Crippen molar-refractivity contribution >= 4 is 29.6 Å². The van der Waals surface area contributed by atoms with Gasteiger partial charge in [-0.3, -0.25) is 19.2 Å². The summed E-state index contributed by atoms with van der Waals surface area (Å²) in [6.45, 7) is 4.39. The van der Waals surface area contributed by atoms with E-state index in [1.54, 1.807) is 0 Å². The van der Waals surface area contributed by atoms with E-state index in [0.29, 0.717) is 38.6 Å². The smallest absolute Gasteiger partial charge is 0.326 e. The van der Waals surface area contributed by atoms with Gasteiger partial charge in [0, 0.05) is 13.1 Å². The number of hydrogen-bond donors (Lipinski definition) is 4. The standard InChI is InChI=1S/C20H33N5O6/c1-3-11(2)16(22)19(29)24-8-4-6-13(24)17(27)23-12(10-15(21)26)18(28)25-9-5-7-14(25)20(30)31/h11-14,16H,3-10,22H2,1-2H3,(H2,21,26)(H,23,27)(H,30,31). The first kappa shape index (κ1) is 24.6. The Kier molecular flexibility index (Phi) is 8.37. The number of rotatable bonds is 9. The Morgan fingerprint density at radius 3 is 2.10 bits per heavy atom. The van der Waals surface area contributed by atoms with Gasteiger partial charge in [-0.1, -0.05) is 20.3 Å². The molecule has 2 heterocycles. The summed E-state index contributed by atoms with van der Waals surface area (Å²) in [5.41, 5.74) is 11.3.